The number of carbonyl (C=O) groups excluding carboxylic acids is 1. The summed E-state index contributed by atoms with van der Waals surface area (Å²) < 4.78 is 0. The lowest BCUT2D eigenvalue weighted by Gasteiger charge is -2.32. The lowest BCUT2D eigenvalue weighted by Crippen LogP contribution is -2.44. The number of β-amino-alcohol motifs (C(OH)–C–C–N with tert-alkyl or cyclic N) is 1. The van der Waals surface area contributed by atoms with Gasteiger partial charge in [0.05, 0.1) is 29.7 Å². The number of nitrogens with one attached hydrogen (secondary N) is 1. The van der Waals surface area contributed by atoms with Crippen LogP contribution in [0.5, 0.6) is 0 Å². The van der Waals surface area contributed by atoms with Crippen molar-refractivity contribution in [2.45, 2.75) is 19.1 Å². The van der Waals surface area contributed by atoms with Crippen LogP contribution in [0, 0.1) is 0 Å². The first-order valence-corrected chi connectivity index (χ1v) is 11.7. The number of likely N-dealkylation sites (N-methyl/N-ethyl adjacent to an activating group) is 1. The number of hydrogen-bond acceptors (Lipinski definition) is 7. The van der Waals surface area contributed by atoms with Crippen LogP contribution in [-0.2, 0) is 13.0 Å². The number of hydrogen-bond donors (Lipinski definition) is 2. The van der Waals surface area contributed by atoms with E-state index in [1.165, 1.54) is 11.1 Å². The molecule has 0 aliphatic carbocycles. The van der Waals surface area contributed by atoms with Crippen LogP contribution in [0.1, 0.15) is 21.5 Å². The number of aliphatic hydroxyl groups excluding tert-OH is 1. The first kappa shape index (κ1) is 22.3. The fraction of sp³-hybridized carbons (Fsp3) is 0.346. The molecule has 1 atom stereocenters. The van der Waals surface area contributed by atoms with Crippen molar-refractivity contribution >= 4 is 23.0 Å². The lowest BCUT2D eigenvalue weighted by atomic mass is 10.00. The van der Waals surface area contributed by atoms with Gasteiger partial charge < -0.3 is 20.2 Å². The molecule has 8 heteroatoms. The van der Waals surface area contributed by atoms with Gasteiger partial charge in [0.2, 0.25) is 0 Å². The van der Waals surface area contributed by atoms with Gasteiger partial charge in [-0.25, -0.2) is 0 Å². The Balaban J connectivity index is 1.27. The van der Waals surface area contributed by atoms with Gasteiger partial charge in [0.15, 0.2) is 0 Å². The number of amides is 1. The molecule has 3 aromatic rings. The summed E-state index contributed by atoms with van der Waals surface area (Å²) in [5.41, 5.74) is 5.86. The Hall–Kier alpha value is -3.49. The van der Waals surface area contributed by atoms with Crippen LogP contribution in [0.25, 0.3) is 0 Å². The number of anilines is 3. The summed E-state index contributed by atoms with van der Waals surface area (Å²) in [6, 6.07) is 16.1. The Labute approximate surface area is 199 Å². The summed E-state index contributed by atoms with van der Waals surface area (Å²) >= 11 is 0. The average Bonchev–Trinajstić information content (AvgIpc) is 2.96. The largest absolute Gasteiger partial charge is 0.390 e. The van der Waals surface area contributed by atoms with Gasteiger partial charge in [-0.05, 0) is 41.8 Å². The van der Waals surface area contributed by atoms with Crippen LogP contribution in [0.2, 0.25) is 0 Å². The van der Waals surface area contributed by atoms with Crippen LogP contribution < -0.4 is 10.2 Å². The maximum Gasteiger partial charge on any atom is 0.256 e. The molecule has 2 aliphatic rings. The summed E-state index contributed by atoms with van der Waals surface area (Å²) in [7, 11) is 2.00. The van der Waals surface area contributed by atoms with Crippen molar-refractivity contribution in [2.75, 3.05) is 50.0 Å². The molecule has 0 saturated carbocycles. The molecule has 176 valence electrons. The van der Waals surface area contributed by atoms with E-state index in [0.29, 0.717) is 31.7 Å². The number of fused-ring (bicyclic) bond motifs is 2. The van der Waals surface area contributed by atoms with Gasteiger partial charge in [-0.3, -0.25) is 9.69 Å². The number of benzene rings is 2. The zero-order chi connectivity index (χ0) is 23.5. The van der Waals surface area contributed by atoms with Crippen LogP contribution in [0.4, 0.5) is 17.1 Å². The summed E-state index contributed by atoms with van der Waals surface area (Å²) in [5.74, 6) is -0.0566. The molecule has 0 bridgehead atoms. The minimum atomic E-state index is -0.606. The predicted octanol–water partition coefficient (Wildman–Crippen LogP) is 2.53. The van der Waals surface area contributed by atoms with Crippen LogP contribution in [0.3, 0.4) is 0 Å². The molecule has 1 unspecified atom stereocenters. The van der Waals surface area contributed by atoms with Gasteiger partial charge in [0.1, 0.15) is 0 Å². The number of rotatable bonds is 6. The molecule has 0 fully saturated rings. The van der Waals surface area contributed by atoms with Gasteiger partial charge in [0, 0.05) is 57.7 Å². The Bertz CT molecular complexity index is 1160. The van der Waals surface area contributed by atoms with Crippen LogP contribution in [-0.4, -0.2) is 76.9 Å². The normalized spacial score (nSPS) is 17.1. The molecule has 2 N–H and O–H groups in total. The maximum atomic E-state index is 13.5. The standard InChI is InChI=1S/C26H30N6O2/c1-30-12-13-32(18-23(33)17-31-11-9-19-4-2-3-5-20(19)16-31)26(34)24-14-21(6-7-25(24)30)29-22-8-10-27-28-15-22/h2-8,10,14-15,23,33H,9,11-13,16-18H2,1H3,(H,27,29). The monoisotopic (exact) mass is 458 g/mol. The SMILES string of the molecule is CN1CCN(CC(O)CN2CCc3ccccc3C2)C(=O)c2cc(Nc3ccnnc3)ccc21. The fourth-order valence-electron chi connectivity index (χ4n) is 4.81. The predicted molar refractivity (Wildman–Crippen MR) is 132 cm³/mol. The molecule has 0 saturated heterocycles. The Morgan fingerprint density at radius 2 is 1.85 bits per heavy atom. The third kappa shape index (κ3) is 4.88. The smallest absolute Gasteiger partial charge is 0.256 e. The molecule has 8 nitrogen and oxygen atoms in total. The van der Waals surface area contributed by atoms with Crippen molar-refractivity contribution in [3.05, 3.63) is 77.6 Å². The molecule has 1 amide bonds. The van der Waals surface area contributed by atoms with Crippen molar-refractivity contribution < 1.29 is 9.90 Å². The van der Waals surface area contributed by atoms with E-state index in [1.807, 2.05) is 31.3 Å². The molecule has 1 aromatic heterocycles. The highest BCUT2D eigenvalue weighted by molar-refractivity contribution is 6.01. The number of nitrogens with zero attached hydrogens (tertiary/aromatic N) is 5. The van der Waals surface area contributed by atoms with Crippen LogP contribution >= 0.6 is 0 Å². The number of aliphatic hydroxyl groups is 1. The van der Waals surface area contributed by atoms with Gasteiger partial charge in [0.25, 0.3) is 5.91 Å². The Morgan fingerprint density at radius 3 is 2.68 bits per heavy atom. The highest BCUT2D eigenvalue weighted by Crippen LogP contribution is 2.29. The van der Waals surface area contributed by atoms with Crippen molar-refractivity contribution in [2.24, 2.45) is 0 Å². The third-order valence-corrected chi connectivity index (χ3v) is 6.61. The van der Waals surface area contributed by atoms with E-state index < -0.39 is 6.10 Å². The van der Waals surface area contributed by atoms with Gasteiger partial charge in [-0.2, -0.15) is 10.2 Å². The van der Waals surface area contributed by atoms with Gasteiger partial charge >= 0.3 is 0 Å². The lowest BCUT2D eigenvalue weighted by molar-refractivity contribution is 0.0521. The van der Waals surface area contributed by atoms with Gasteiger partial charge in [-0.1, -0.05) is 24.3 Å². The summed E-state index contributed by atoms with van der Waals surface area (Å²) in [6.07, 6.45) is 3.65. The average molecular weight is 459 g/mol. The quantitative estimate of drug-likeness (QED) is 0.587. The highest BCUT2D eigenvalue weighted by atomic mass is 16.3. The minimum absolute atomic E-state index is 0.0566. The second kappa shape index (κ2) is 9.79. The van der Waals surface area contributed by atoms with Crippen molar-refractivity contribution in [1.29, 1.82) is 0 Å². The first-order valence-electron chi connectivity index (χ1n) is 11.7. The molecular weight excluding hydrogens is 428 g/mol. The fourth-order valence-corrected chi connectivity index (χ4v) is 4.81. The Morgan fingerprint density at radius 1 is 1.00 bits per heavy atom. The highest BCUT2D eigenvalue weighted by Gasteiger charge is 2.28. The second-order valence-corrected chi connectivity index (χ2v) is 9.07. The number of carbonyl (C=O) groups is 1. The van der Waals surface area contributed by atoms with E-state index in [2.05, 4.69) is 49.6 Å². The van der Waals surface area contributed by atoms with Gasteiger partial charge in [-0.15, -0.1) is 0 Å². The summed E-state index contributed by atoms with van der Waals surface area (Å²) in [5, 5.41) is 21.9. The van der Waals surface area contributed by atoms with E-state index in [1.54, 1.807) is 17.3 Å². The molecule has 5 rings (SSSR count). The van der Waals surface area contributed by atoms with E-state index in [4.69, 9.17) is 0 Å². The number of aromatic nitrogens is 2. The van der Waals surface area contributed by atoms with Crippen molar-refractivity contribution in [1.82, 2.24) is 20.0 Å². The van der Waals surface area contributed by atoms with E-state index in [9.17, 15) is 9.90 Å². The molecule has 0 radical (unpaired) electrons. The molecule has 2 aromatic carbocycles. The van der Waals surface area contributed by atoms with Crippen molar-refractivity contribution in [3.8, 4) is 0 Å². The van der Waals surface area contributed by atoms with Crippen molar-refractivity contribution in [3.63, 3.8) is 0 Å². The van der Waals surface area contributed by atoms with E-state index in [-0.39, 0.29) is 5.91 Å². The molecule has 2 aliphatic heterocycles. The molecule has 0 spiro atoms. The zero-order valence-corrected chi connectivity index (χ0v) is 19.4. The summed E-state index contributed by atoms with van der Waals surface area (Å²) in [6.45, 7) is 3.91. The maximum absolute atomic E-state index is 13.5. The topological polar surface area (TPSA) is 84.8 Å². The summed E-state index contributed by atoms with van der Waals surface area (Å²) in [4.78, 5) is 19.7. The Kier molecular flexibility index (Phi) is 6.42. The second-order valence-electron chi connectivity index (χ2n) is 9.07. The van der Waals surface area contributed by atoms with E-state index in [0.717, 1.165) is 36.6 Å². The van der Waals surface area contributed by atoms with E-state index >= 15 is 0 Å². The third-order valence-electron chi connectivity index (χ3n) is 6.61. The molecular formula is C26H30N6O2. The minimum Gasteiger partial charge on any atom is -0.390 e. The molecule has 34 heavy (non-hydrogen) atoms. The first-order chi connectivity index (χ1) is 16.6. The zero-order valence-electron chi connectivity index (χ0n) is 19.4. The van der Waals surface area contributed by atoms with Crippen LogP contribution in [0.15, 0.2) is 60.9 Å². The molecule has 3 heterocycles.